The van der Waals surface area contributed by atoms with Crippen molar-refractivity contribution in [1.29, 1.82) is 0 Å². The van der Waals surface area contributed by atoms with Crippen LogP contribution in [0.25, 0.3) is 11.1 Å². The fourth-order valence-electron chi connectivity index (χ4n) is 8.35. The molecule has 0 radical (unpaired) electrons. The van der Waals surface area contributed by atoms with E-state index < -0.39 is 17.8 Å². The molecule has 3 aliphatic carbocycles. The highest BCUT2D eigenvalue weighted by molar-refractivity contribution is 7.14. The van der Waals surface area contributed by atoms with Crippen LogP contribution in [0.2, 0.25) is 0 Å². The SMILES string of the molecule is CCCC1CCC(C2CCC(c3cnc(C4=C=C=C(C[C@H](CNC(=O)c5ccc(C(C)(C)C)s5)C(=O)N5CC(C(=O)O)C5)C=C4)nc3)=C(C)C2)CC1. The Kier molecular flexibility index (Phi) is 11.8. The first-order chi connectivity index (χ1) is 24.9. The summed E-state index contributed by atoms with van der Waals surface area (Å²) in [5.41, 5.74) is 11.8. The summed E-state index contributed by atoms with van der Waals surface area (Å²) in [4.78, 5) is 50.7. The lowest BCUT2D eigenvalue weighted by atomic mass is 9.69. The van der Waals surface area contributed by atoms with E-state index in [0.717, 1.165) is 45.8 Å². The fourth-order valence-corrected chi connectivity index (χ4v) is 9.33. The van der Waals surface area contributed by atoms with Crippen LogP contribution >= 0.6 is 11.3 Å². The normalized spacial score (nSPS) is 22.8. The molecule has 4 aliphatic rings. The molecule has 0 aromatic carbocycles. The summed E-state index contributed by atoms with van der Waals surface area (Å²) in [5, 5.41) is 12.3. The van der Waals surface area contributed by atoms with Crippen LogP contribution in [0.3, 0.4) is 0 Å². The van der Waals surface area contributed by atoms with Crippen LogP contribution in [0.5, 0.6) is 0 Å². The molecule has 52 heavy (non-hydrogen) atoms. The van der Waals surface area contributed by atoms with Crippen molar-refractivity contribution in [2.75, 3.05) is 19.6 Å². The highest BCUT2D eigenvalue weighted by atomic mass is 32.1. The Morgan fingerprint density at radius 3 is 2.35 bits per heavy atom. The van der Waals surface area contributed by atoms with E-state index in [1.165, 1.54) is 73.8 Å². The van der Waals surface area contributed by atoms with Crippen LogP contribution in [0.1, 0.15) is 125 Å². The molecule has 6 rings (SSSR count). The van der Waals surface area contributed by atoms with Crippen molar-refractivity contribution in [2.45, 2.75) is 104 Å². The van der Waals surface area contributed by atoms with Gasteiger partial charge in [0.1, 0.15) is 0 Å². The van der Waals surface area contributed by atoms with Crippen molar-refractivity contribution in [3.05, 3.63) is 80.4 Å². The van der Waals surface area contributed by atoms with Crippen LogP contribution in [0, 0.1) is 29.6 Å². The first kappa shape index (κ1) is 37.7. The summed E-state index contributed by atoms with van der Waals surface area (Å²) in [6.07, 6.45) is 19.8. The predicted molar refractivity (Wildman–Crippen MR) is 207 cm³/mol. The summed E-state index contributed by atoms with van der Waals surface area (Å²) < 4.78 is 0. The molecule has 2 aromatic heterocycles. The van der Waals surface area contributed by atoms with Gasteiger partial charge < -0.3 is 15.3 Å². The number of aromatic nitrogens is 2. The highest BCUT2D eigenvalue weighted by Gasteiger charge is 2.38. The lowest BCUT2D eigenvalue weighted by Gasteiger charge is -2.38. The number of thiophene rings is 1. The first-order valence-electron chi connectivity index (χ1n) is 19.2. The largest absolute Gasteiger partial charge is 0.481 e. The van der Waals surface area contributed by atoms with Crippen LogP contribution in [0.15, 0.2) is 59.3 Å². The number of carboxylic acids is 1. The van der Waals surface area contributed by atoms with Crippen molar-refractivity contribution in [2.24, 2.45) is 29.6 Å². The number of likely N-dealkylation sites (tertiary alicyclic amines) is 1. The standard InChI is InChI=1S/C43H54N4O4S/c1-6-7-28-8-12-30(13-9-28)32-16-17-36(27(2)20-32)34-23-44-39(45-24-34)31-14-10-29(11-15-31)21-33(41(49)47-25-35(26-47)42(50)51)22-46-40(48)37-18-19-38(52-37)43(3,4)5/h10,14,18-19,23-24,28,30,32-33,35H,6-9,12-13,16-17,20-22,25-26H2,1-5H3,(H,46,48)(H,50,51)/t28?,30?,32?,33-/m1/s1. The van der Waals surface area contributed by atoms with Gasteiger partial charge in [-0.15, -0.1) is 11.3 Å². The number of carbonyl (C=O) groups is 3. The number of hydrogen-bond acceptors (Lipinski definition) is 6. The summed E-state index contributed by atoms with van der Waals surface area (Å²) >= 11 is 1.45. The maximum Gasteiger partial charge on any atom is 0.310 e. The summed E-state index contributed by atoms with van der Waals surface area (Å²) in [6, 6.07) is 3.80. The molecule has 8 nitrogen and oxygen atoms in total. The monoisotopic (exact) mass is 722 g/mol. The minimum Gasteiger partial charge on any atom is -0.481 e. The van der Waals surface area contributed by atoms with Crippen molar-refractivity contribution >= 4 is 40.3 Å². The zero-order valence-electron chi connectivity index (χ0n) is 31.5. The molecule has 1 aliphatic heterocycles. The maximum absolute atomic E-state index is 13.5. The van der Waals surface area contributed by atoms with E-state index in [-0.39, 0.29) is 36.9 Å². The second-order valence-electron chi connectivity index (χ2n) is 16.5. The Labute approximate surface area is 312 Å². The molecule has 2 aromatic rings. The summed E-state index contributed by atoms with van der Waals surface area (Å²) in [5.74, 6) is 0.779. The zero-order chi connectivity index (χ0) is 37.0. The van der Waals surface area contributed by atoms with Gasteiger partial charge in [-0.25, -0.2) is 9.97 Å². The summed E-state index contributed by atoms with van der Waals surface area (Å²) in [6.45, 7) is 11.4. The van der Waals surface area contributed by atoms with Gasteiger partial charge in [0.25, 0.3) is 5.91 Å². The van der Waals surface area contributed by atoms with Crippen molar-refractivity contribution in [1.82, 2.24) is 20.2 Å². The molecule has 2 N–H and O–H groups in total. The number of carbonyl (C=O) groups excluding carboxylic acids is 2. The van der Waals surface area contributed by atoms with E-state index in [1.807, 2.05) is 36.7 Å². The molecule has 2 amide bonds. The zero-order valence-corrected chi connectivity index (χ0v) is 32.3. The van der Waals surface area contributed by atoms with Gasteiger partial charge in [-0.05, 0) is 98.5 Å². The van der Waals surface area contributed by atoms with Gasteiger partial charge in [0.05, 0.1) is 22.3 Å². The minimum atomic E-state index is -0.899. The Bertz CT molecular complexity index is 1820. The van der Waals surface area contributed by atoms with Gasteiger partial charge in [0.2, 0.25) is 5.91 Å². The average molecular weight is 723 g/mol. The lowest BCUT2D eigenvalue weighted by Crippen LogP contribution is -2.55. The molecular weight excluding hydrogens is 669 g/mol. The van der Waals surface area contributed by atoms with Gasteiger partial charge in [0.15, 0.2) is 5.82 Å². The van der Waals surface area contributed by atoms with Gasteiger partial charge in [0, 0.05) is 48.0 Å². The average Bonchev–Trinajstić information content (AvgIpc) is 3.62. The van der Waals surface area contributed by atoms with Gasteiger partial charge in [-0.3, -0.25) is 14.4 Å². The van der Waals surface area contributed by atoms with E-state index in [0.29, 0.717) is 17.1 Å². The maximum atomic E-state index is 13.5. The Balaban J connectivity index is 1.11. The second kappa shape index (κ2) is 16.3. The molecule has 2 atom stereocenters. The topological polar surface area (TPSA) is 112 Å². The van der Waals surface area contributed by atoms with E-state index in [4.69, 9.17) is 9.97 Å². The molecule has 1 saturated carbocycles. The molecule has 0 spiro atoms. The number of hydrogen-bond donors (Lipinski definition) is 2. The summed E-state index contributed by atoms with van der Waals surface area (Å²) in [7, 11) is 0. The van der Waals surface area contributed by atoms with E-state index >= 15 is 0 Å². The second-order valence-corrected chi connectivity index (χ2v) is 17.5. The minimum absolute atomic E-state index is 0.0615. The molecular formula is C43H54N4O4S. The van der Waals surface area contributed by atoms with Gasteiger partial charge >= 0.3 is 5.97 Å². The molecule has 0 bridgehead atoms. The highest BCUT2D eigenvalue weighted by Crippen LogP contribution is 2.44. The molecule has 1 saturated heterocycles. The molecule has 3 heterocycles. The predicted octanol–water partition coefficient (Wildman–Crippen LogP) is 8.63. The van der Waals surface area contributed by atoms with E-state index in [2.05, 4.69) is 51.4 Å². The fraction of sp³-hybridized carbons (Fsp3) is 0.558. The number of aliphatic carboxylic acids is 1. The Morgan fingerprint density at radius 2 is 1.75 bits per heavy atom. The third-order valence-corrected chi connectivity index (χ3v) is 13.1. The van der Waals surface area contributed by atoms with Crippen molar-refractivity contribution in [3.8, 4) is 0 Å². The number of rotatable bonds is 12. The lowest BCUT2D eigenvalue weighted by molar-refractivity contribution is -0.154. The number of amides is 2. The van der Waals surface area contributed by atoms with Crippen molar-refractivity contribution < 1.29 is 19.5 Å². The first-order valence-corrected chi connectivity index (χ1v) is 20.1. The van der Waals surface area contributed by atoms with Gasteiger partial charge in [-0.2, -0.15) is 0 Å². The third-order valence-electron chi connectivity index (χ3n) is 11.6. The number of carboxylic acid groups (broad SMARTS) is 1. The Hall–Kier alpha value is -4.03. The number of nitrogens with zero attached hydrogens (tertiary/aromatic N) is 3. The third kappa shape index (κ3) is 8.94. The smallest absolute Gasteiger partial charge is 0.310 e. The Morgan fingerprint density at radius 1 is 1.02 bits per heavy atom. The van der Waals surface area contributed by atoms with Crippen LogP contribution < -0.4 is 5.32 Å². The van der Waals surface area contributed by atoms with Crippen LogP contribution in [-0.4, -0.2) is 57.4 Å². The van der Waals surface area contributed by atoms with Gasteiger partial charge in [-0.1, -0.05) is 70.4 Å². The van der Waals surface area contributed by atoms with Crippen LogP contribution in [0.4, 0.5) is 0 Å². The number of nitrogens with one attached hydrogen (secondary N) is 1. The van der Waals surface area contributed by atoms with E-state index in [9.17, 15) is 19.5 Å². The van der Waals surface area contributed by atoms with E-state index in [1.54, 1.807) is 4.90 Å². The van der Waals surface area contributed by atoms with Crippen LogP contribution in [-0.2, 0) is 15.0 Å². The molecule has 9 heteroatoms. The molecule has 1 unspecified atom stereocenters. The quantitative estimate of drug-likeness (QED) is 0.212. The molecule has 2 fully saturated rings. The molecule has 276 valence electrons. The van der Waals surface area contributed by atoms with Crippen molar-refractivity contribution in [3.63, 3.8) is 0 Å². The number of allylic oxidation sites excluding steroid dienone is 6.